The van der Waals surface area contributed by atoms with Gasteiger partial charge in [0.25, 0.3) is 0 Å². The molecule has 0 aliphatic heterocycles. The predicted octanol–water partition coefficient (Wildman–Crippen LogP) is 4.99. The van der Waals surface area contributed by atoms with Crippen LogP contribution in [0.2, 0.25) is 0 Å². The van der Waals surface area contributed by atoms with Gasteiger partial charge in [0.1, 0.15) is 11.4 Å². The summed E-state index contributed by atoms with van der Waals surface area (Å²) in [6.07, 6.45) is 4.26. The maximum Gasteiger partial charge on any atom is 0.339 e. The Morgan fingerprint density at radius 1 is 1.05 bits per heavy atom. The Morgan fingerprint density at radius 2 is 1.74 bits per heavy atom. The minimum Gasteiger partial charge on any atom is -0.497 e. The number of methoxy groups -OCH3 is 2. The minimum atomic E-state index is -3.93. The third-order valence-corrected chi connectivity index (χ3v) is 7.28. The van der Waals surface area contributed by atoms with Crippen molar-refractivity contribution in [3.63, 3.8) is 0 Å². The van der Waals surface area contributed by atoms with Crippen molar-refractivity contribution in [2.75, 3.05) is 19.5 Å². The summed E-state index contributed by atoms with van der Waals surface area (Å²) in [5, 5.41) is 3.08. The topological polar surface area (TPSA) is 121 Å². The number of benzene rings is 2. The number of nitrogens with zero attached hydrogens (tertiary/aromatic N) is 1. The lowest BCUT2D eigenvalue weighted by Crippen LogP contribution is -2.22. The number of pyridine rings is 1. The predicted molar refractivity (Wildman–Crippen MR) is 147 cm³/mol. The Morgan fingerprint density at radius 3 is 2.36 bits per heavy atom. The van der Waals surface area contributed by atoms with E-state index >= 15 is 0 Å². The highest BCUT2D eigenvalue weighted by atomic mass is 32.2. The second-order valence-electron chi connectivity index (χ2n) is 9.62. The van der Waals surface area contributed by atoms with Crippen LogP contribution in [0.25, 0.3) is 6.08 Å². The number of esters is 2. The van der Waals surface area contributed by atoms with Crippen molar-refractivity contribution in [1.82, 2.24) is 4.98 Å². The molecule has 0 fully saturated rings. The third-order valence-electron chi connectivity index (χ3n) is 5.51. The number of hydrogen-bond donors (Lipinski definition) is 1. The van der Waals surface area contributed by atoms with Crippen LogP contribution in [0.3, 0.4) is 0 Å². The van der Waals surface area contributed by atoms with Crippen molar-refractivity contribution in [2.24, 2.45) is 0 Å². The lowest BCUT2D eigenvalue weighted by Gasteiger charge is -2.18. The van der Waals surface area contributed by atoms with E-state index in [0.29, 0.717) is 28.1 Å². The van der Waals surface area contributed by atoms with E-state index in [1.165, 1.54) is 38.6 Å². The van der Waals surface area contributed by atoms with Crippen LogP contribution in [-0.2, 0) is 30.7 Å². The van der Waals surface area contributed by atoms with Crippen molar-refractivity contribution in [3.05, 3.63) is 83.1 Å². The van der Waals surface area contributed by atoms with Gasteiger partial charge in [-0.05, 0) is 87.4 Å². The molecule has 2 aromatic carbocycles. The zero-order valence-electron chi connectivity index (χ0n) is 22.8. The van der Waals surface area contributed by atoms with E-state index in [4.69, 9.17) is 14.2 Å². The summed E-state index contributed by atoms with van der Waals surface area (Å²) in [5.74, 6) is -0.568. The largest absolute Gasteiger partial charge is 0.497 e. The smallest absolute Gasteiger partial charge is 0.339 e. The van der Waals surface area contributed by atoms with Gasteiger partial charge >= 0.3 is 11.9 Å². The number of ether oxygens (including phenoxy) is 3. The zero-order valence-corrected chi connectivity index (χ0v) is 23.6. The molecule has 1 aromatic heterocycles. The summed E-state index contributed by atoms with van der Waals surface area (Å²) >= 11 is 0. The molecule has 0 saturated heterocycles. The average molecular weight is 553 g/mol. The number of anilines is 1. The highest BCUT2D eigenvalue weighted by Gasteiger charge is 2.24. The number of aryl methyl sites for hydroxylation is 1. The van der Waals surface area contributed by atoms with Crippen molar-refractivity contribution in [3.8, 4) is 5.75 Å². The second-order valence-corrected chi connectivity index (χ2v) is 11.5. The molecule has 0 aliphatic carbocycles. The first-order chi connectivity index (χ1) is 18.4. The van der Waals surface area contributed by atoms with Gasteiger partial charge < -0.3 is 19.5 Å². The number of aromatic nitrogens is 1. The molecule has 3 rings (SSSR count). The fourth-order valence-corrected chi connectivity index (χ4v) is 5.17. The Kier molecular flexibility index (Phi) is 9.13. The number of carbonyl (C=O) groups excluding carboxylic acids is 2. The second kappa shape index (κ2) is 12.1. The van der Waals surface area contributed by atoms with Crippen LogP contribution in [-0.4, -0.2) is 45.2 Å². The molecule has 10 heteroatoms. The van der Waals surface area contributed by atoms with E-state index < -0.39 is 27.4 Å². The van der Waals surface area contributed by atoms with Gasteiger partial charge in [0, 0.05) is 24.4 Å². The molecule has 0 radical (unpaired) electrons. The lowest BCUT2D eigenvalue weighted by molar-refractivity contribution is -0.148. The first-order valence-electron chi connectivity index (χ1n) is 12.1. The Hall–Kier alpha value is -4.18. The number of hydrogen-bond acceptors (Lipinski definition) is 9. The maximum absolute atomic E-state index is 13.4. The first kappa shape index (κ1) is 29.4. The van der Waals surface area contributed by atoms with Crippen LogP contribution >= 0.6 is 0 Å². The maximum atomic E-state index is 13.4. The van der Waals surface area contributed by atoms with Crippen LogP contribution in [0.15, 0.2) is 70.7 Å². The molecule has 1 N–H and O–H groups in total. The van der Waals surface area contributed by atoms with Gasteiger partial charge in [-0.3, -0.25) is 0 Å². The minimum absolute atomic E-state index is 0.0660. The zero-order chi connectivity index (χ0) is 28.8. The molecule has 0 bridgehead atoms. The molecular formula is C29H32N2O7S. The summed E-state index contributed by atoms with van der Waals surface area (Å²) in [5.41, 5.74) is 1.75. The molecule has 206 valence electrons. The van der Waals surface area contributed by atoms with E-state index in [2.05, 4.69) is 10.3 Å². The summed E-state index contributed by atoms with van der Waals surface area (Å²) in [6.45, 7) is 7.17. The van der Waals surface area contributed by atoms with Crippen molar-refractivity contribution >= 4 is 33.5 Å². The fourth-order valence-electron chi connectivity index (χ4n) is 3.77. The van der Waals surface area contributed by atoms with Crippen LogP contribution in [0.4, 0.5) is 5.69 Å². The van der Waals surface area contributed by atoms with Crippen LogP contribution in [0.5, 0.6) is 5.75 Å². The summed E-state index contributed by atoms with van der Waals surface area (Å²) < 4.78 is 42.1. The molecule has 39 heavy (non-hydrogen) atoms. The van der Waals surface area contributed by atoms with Gasteiger partial charge in [0.05, 0.1) is 30.4 Å². The molecule has 0 spiro atoms. The van der Waals surface area contributed by atoms with E-state index in [1.807, 2.05) is 0 Å². The highest BCUT2D eigenvalue weighted by Crippen LogP contribution is 2.28. The van der Waals surface area contributed by atoms with Crippen LogP contribution < -0.4 is 10.1 Å². The van der Waals surface area contributed by atoms with E-state index in [-0.39, 0.29) is 22.0 Å². The van der Waals surface area contributed by atoms with E-state index in [9.17, 15) is 18.0 Å². The quantitative estimate of drug-likeness (QED) is 0.289. The molecule has 1 heterocycles. The van der Waals surface area contributed by atoms with Gasteiger partial charge in [-0.2, -0.15) is 0 Å². The van der Waals surface area contributed by atoms with E-state index in [1.54, 1.807) is 70.2 Å². The Labute approximate surface area is 228 Å². The number of rotatable bonds is 9. The van der Waals surface area contributed by atoms with Gasteiger partial charge in [-0.1, -0.05) is 6.07 Å². The van der Waals surface area contributed by atoms with Gasteiger partial charge in [0.15, 0.2) is 5.03 Å². The molecule has 9 nitrogen and oxygen atoms in total. The van der Waals surface area contributed by atoms with Crippen molar-refractivity contribution in [1.29, 1.82) is 0 Å². The number of sulfone groups is 1. The van der Waals surface area contributed by atoms with Crippen molar-refractivity contribution in [2.45, 2.75) is 49.8 Å². The Balaban J connectivity index is 1.92. The van der Waals surface area contributed by atoms with Gasteiger partial charge in [-0.25, -0.2) is 23.0 Å². The number of nitrogens with one attached hydrogen (secondary N) is 1. The molecule has 0 amide bonds. The molecule has 0 unspecified atom stereocenters. The highest BCUT2D eigenvalue weighted by molar-refractivity contribution is 7.91. The normalized spacial score (nSPS) is 11.7. The first-order valence-corrected chi connectivity index (χ1v) is 13.5. The van der Waals surface area contributed by atoms with Crippen LogP contribution in [0, 0.1) is 6.92 Å². The number of carbonyl (C=O) groups is 2. The van der Waals surface area contributed by atoms with E-state index in [0.717, 1.165) is 0 Å². The van der Waals surface area contributed by atoms with Gasteiger partial charge in [-0.15, -0.1) is 0 Å². The molecule has 0 aliphatic rings. The fraction of sp³-hybridized carbons (Fsp3) is 0.276. The monoisotopic (exact) mass is 552 g/mol. The molecular weight excluding hydrogens is 520 g/mol. The van der Waals surface area contributed by atoms with Crippen molar-refractivity contribution < 1.29 is 32.2 Å². The van der Waals surface area contributed by atoms with Gasteiger partial charge in [0.2, 0.25) is 9.84 Å². The molecule has 0 atom stereocenters. The summed E-state index contributed by atoms with van der Waals surface area (Å²) in [6, 6.07) is 12.7. The third kappa shape index (κ3) is 7.44. The summed E-state index contributed by atoms with van der Waals surface area (Å²) in [7, 11) is -1.16. The SMILES string of the molecule is COC(=O)c1cc(/C=C/C(=O)OC(C)(C)C)cc(C)c1NCc1cccnc1S(=O)(=O)c1ccc(OC)cc1. The lowest BCUT2D eigenvalue weighted by atomic mass is 10.0. The molecule has 0 saturated carbocycles. The standard InChI is InChI=1S/C29H32N2O7S/c1-19-16-20(9-14-25(32)38-29(2,3)4)17-24(28(33)37-6)26(19)31-18-21-8-7-15-30-27(21)39(34,35)23-12-10-22(36-5)11-13-23/h7-17,31H,18H2,1-6H3/b14-9+. The Bertz CT molecular complexity index is 1490. The average Bonchev–Trinajstić information content (AvgIpc) is 2.89. The summed E-state index contributed by atoms with van der Waals surface area (Å²) in [4.78, 5) is 29.0. The van der Waals surface area contributed by atoms with Crippen LogP contribution in [0.1, 0.15) is 47.8 Å². The molecule has 3 aromatic rings.